The Balaban J connectivity index is 1.64. The van der Waals surface area contributed by atoms with Crippen LogP contribution >= 0.6 is 23.2 Å². The molecule has 0 bridgehead atoms. The van der Waals surface area contributed by atoms with Gasteiger partial charge in [0.1, 0.15) is 11.6 Å². The highest BCUT2D eigenvalue weighted by atomic mass is 35.5. The molecule has 0 spiro atoms. The van der Waals surface area contributed by atoms with Crippen LogP contribution in [0, 0.1) is 17.6 Å². The number of benzene rings is 3. The third-order valence-electron chi connectivity index (χ3n) is 5.78. The lowest BCUT2D eigenvalue weighted by Crippen LogP contribution is -2.52. The zero-order valence-corrected chi connectivity index (χ0v) is 19.5. The van der Waals surface area contributed by atoms with Crippen LogP contribution in [-0.4, -0.2) is 32.7 Å². The minimum atomic E-state index is -3.60. The molecule has 3 aromatic carbocycles. The zero-order chi connectivity index (χ0) is 23.0. The van der Waals surface area contributed by atoms with Crippen molar-refractivity contribution in [2.75, 3.05) is 19.3 Å². The number of rotatable bonds is 6. The van der Waals surface area contributed by atoms with Gasteiger partial charge in [-0.1, -0.05) is 47.5 Å². The van der Waals surface area contributed by atoms with Gasteiger partial charge >= 0.3 is 0 Å². The van der Waals surface area contributed by atoms with Crippen LogP contribution in [0.2, 0.25) is 10.0 Å². The van der Waals surface area contributed by atoms with Crippen LogP contribution in [0.4, 0.5) is 8.78 Å². The van der Waals surface area contributed by atoms with E-state index in [4.69, 9.17) is 23.2 Å². The quantitative estimate of drug-likeness (QED) is 0.415. The molecular formula is C24H21Cl2F2NO2S. The highest BCUT2D eigenvalue weighted by Gasteiger charge is 2.43. The van der Waals surface area contributed by atoms with E-state index < -0.39 is 26.7 Å². The van der Waals surface area contributed by atoms with Crippen molar-refractivity contribution in [3.63, 3.8) is 0 Å². The van der Waals surface area contributed by atoms with E-state index in [2.05, 4.69) is 4.90 Å². The molecule has 1 atom stereocenters. The van der Waals surface area contributed by atoms with Crippen molar-refractivity contribution in [1.82, 2.24) is 4.90 Å². The average Bonchev–Trinajstić information content (AvgIpc) is 2.67. The molecule has 0 aliphatic carbocycles. The van der Waals surface area contributed by atoms with Crippen molar-refractivity contribution in [2.45, 2.75) is 11.3 Å². The molecule has 1 heterocycles. The fourth-order valence-corrected chi connectivity index (χ4v) is 6.22. The van der Waals surface area contributed by atoms with Crippen LogP contribution in [0.3, 0.4) is 0 Å². The van der Waals surface area contributed by atoms with Gasteiger partial charge in [0.25, 0.3) is 0 Å². The number of sulfone groups is 1. The number of nitrogens with zero attached hydrogens (tertiary/aromatic N) is 1. The lowest BCUT2D eigenvalue weighted by molar-refractivity contribution is 0.0654. The van der Waals surface area contributed by atoms with E-state index in [-0.39, 0.29) is 17.5 Å². The Morgan fingerprint density at radius 2 is 1.25 bits per heavy atom. The van der Waals surface area contributed by atoms with Crippen LogP contribution < -0.4 is 0 Å². The molecule has 1 aliphatic heterocycles. The summed E-state index contributed by atoms with van der Waals surface area (Å²) in [5, 5.41) is 0.255. The van der Waals surface area contributed by atoms with E-state index in [0.29, 0.717) is 23.1 Å². The molecule has 1 aliphatic rings. The first kappa shape index (κ1) is 23.2. The van der Waals surface area contributed by atoms with Crippen molar-refractivity contribution in [3.05, 3.63) is 105 Å². The molecule has 3 aromatic rings. The van der Waals surface area contributed by atoms with E-state index in [1.54, 1.807) is 0 Å². The molecule has 32 heavy (non-hydrogen) atoms. The summed E-state index contributed by atoms with van der Waals surface area (Å²) >= 11 is 12.1. The SMILES string of the molecule is CS(=O)(=O)C(c1cc(F)cc(F)c1)C1CN(C(c2ccc(Cl)cc2)c2ccc(Cl)cc2)C1. The largest absolute Gasteiger partial charge is 0.292 e. The molecular weight excluding hydrogens is 475 g/mol. The third-order valence-corrected chi connectivity index (χ3v) is 7.86. The van der Waals surface area contributed by atoms with Gasteiger partial charge in [-0.05, 0) is 53.1 Å². The van der Waals surface area contributed by atoms with E-state index in [1.165, 1.54) is 0 Å². The summed E-state index contributed by atoms with van der Waals surface area (Å²) in [5.74, 6) is -1.87. The summed E-state index contributed by atoms with van der Waals surface area (Å²) in [6.45, 7) is 0.900. The van der Waals surface area contributed by atoms with Crippen LogP contribution in [0.25, 0.3) is 0 Å². The van der Waals surface area contributed by atoms with Gasteiger partial charge in [0.2, 0.25) is 0 Å². The molecule has 0 N–H and O–H groups in total. The Morgan fingerprint density at radius 1 is 0.812 bits per heavy atom. The second-order valence-corrected chi connectivity index (χ2v) is 11.2. The Labute approximate surface area is 196 Å². The molecule has 0 radical (unpaired) electrons. The standard InChI is InChI=1S/C24H21Cl2F2NO2S/c1-32(30,31)24(17-10-21(27)12-22(28)11-17)18-13-29(14-18)23(15-2-6-19(25)7-3-15)16-4-8-20(26)9-5-16/h2-12,18,23-24H,13-14H2,1H3. The predicted octanol–water partition coefficient (Wildman–Crippen LogP) is 6.08. The van der Waals surface area contributed by atoms with E-state index >= 15 is 0 Å². The molecule has 3 nitrogen and oxygen atoms in total. The van der Waals surface area contributed by atoms with Crippen molar-refractivity contribution >= 4 is 33.0 Å². The summed E-state index contributed by atoms with van der Waals surface area (Å²) < 4.78 is 52.8. The topological polar surface area (TPSA) is 37.4 Å². The summed E-state index contributed by atoms with van der Waals surface area (Å²) in [4.78, 5) is 2.14. The van der Waals surface area contributed by atoms with Gasteiger partial charge in [0.05, 0.1) is 11.3 Å². The van der Waals surface area contributed by atoms with Crippen LogP contribution in [0.5, 0.6) is 0 Å². The molecule has 1 saturated heterocycles. The summed E-state index contributed by atoms with van der Waals surface area (Å²) in [7, 11) is -3.60. The van der Waals surface area contributed by atoms with Gasteiger partial charge < -0.3 is 0 Å². The second kappa shape index (κ2) is 9.10. The molecule has 0 amide bonds. The van der Waals surface area contributed by atoms with Gasteiger partial charge in [0, 0.05) is 41.4 Å². The molecule has 1 fully saturated rings. The van der Waals surface area contributed by atoms with Crippen molar-refractivity contribution < 1.29 is 17.2 Å². The smallest absolute Gasteiger partial charge is 0.154 e. The summed E-state index contributed by atoms with van der Waals surface area (Å²) in [6.07, 6.45) is 1.11. The Bertz CT molecular complexity index is 1150. The first-order valence-corrected chi connectivity index (χ1v) is 12.7. The number of likely N-dealkylation sites (tertiary alicyclic amines) is 1. The van der Waals surface area contributed by atoms with Crippen LogP contribution in [-0.2, 0) is 9.84 Å². The molecule has 1 unspecified atom stereocenters. The van der Waals surface area contributed by atoms with Crippen LogP contribution in [0.15, 0.2) is 66.7 Å². The highest BCUT2D eigenvalue weighted by molar-refractivity contribution is 7.90. The molecule has 8 heteroatoms. The van der Waals surface area contributed by atoms with Gasteiger partial charge in [0.15, 0.2) is 9.84 Å². The number of hydrogen-bond acceptors (Lipinski definition) is 3. The minimum Gasteiger partial charge on any atom is -0.292 e. The summed E-state index contributed by atoms with van der Waals surface area (Å²) in [6, 6.07) is 17.8. The first-order valence-electron chi connectivity index (χ1n) is 10.0. The molecule has 0 aromatic heterocycles. The van der Waals surface area contributed by atoms with E-state index in [0.717, 1.165) is 35.6 Å². The third kappa shape index (κ3) is 4.99. The number of hydrogen-bond donors (Lipinski definition) is 0. The van der Waals surface area contributed by atoms with Gasteiger partial charge in [-0.2, -0.15) is 0 Å². The normalized spacial score (nSPS) is 16.2. The number of halogens is 4. The Hall–Kier alpha value is -1.99. The summed E-state index contributed by atoms with van der Waals surface area (Å²) in [5.41, 5.74) is 2.15. The average molecular weight is 496 g/mol. The van der Waals surface area contributed by atoms with E-state index in [1.807, 2.05) is 48.5 Å². The fourth-order valence-electron chi connectivity index (χ4n) is 4.46. The Kier molecular flexibility index (Phi) is 6.59. The Morgan fingerprint density at radius 3 is 1.66 bits per heavy atom. The van der Waals surface area contributed by atoms with Crippen LogP contribution in [0.1, 0.15) is 28.0 Å². The highest BCUT2D eigenvalue weighted by Crippen LogP contribution is 2.42. The maximum atomic E-state index is 13.8. The molecule has 4 rings (SSSR count). The molecule has 168 valence electrons. The van der Waals surface area contributed by atoms with Gasteiger partial charge in [-0.15, -0.1) is 0 Å². The lowest BCUT2D eigenvalue weighted by atomic mass is 9.86. The monoisotopic (exact) mass is 495 g/mol. The minimum absolute atomic E-state index is 0.134. The lowest BCUT2D eigenvalue weighted by Gasteiger charge is -2.47. The van der Waals surface area contributed by atoms with Crippen molar-refractivity contribution in [1.29, 1.82) is 0 Å². The van der Waals surface area contributed by atoms with E-state index in [9.17, 15) is 17.2 Å². The predicted molar refractivity (Wildman–Crippen MR) is 124 cm³/mol. The fraction of sp³-hybridized carbons (Fsp3) is 0.250. The van der Waals surface area contributed by atoms with Gasteiger partial charge in [-0.3, -0.25) is 4.90 Å². The molecule has 0 saturated carbocycles. The maximum Gasteiger partial charge on any atom is 0.154 e. The zero-order valence-electron chi connectivity index (χ0n) is 17.2. The van der Waals surface area contributed by atoms with Gasteiger partial charge in [-0.25, -0.2) is 17.2 Å². The van der Waals surface area contributed by atoms with Crippen molar-refractivity contribution in [3.8, 4) is 0 Å². The first-order chi connectivity index (χ1) is 15.1. The second-order valence-electron chi connectivity index (χ2n) is 8.17. The maximum absolute atomic E-state index is 13.8. The van der Waals surface area contributed by atoms with Crippen molar-refractivity contribution in [2.24, 2.45) is 5.92 Å².